The zero-order chi connectivity index (χ0) is 10.8. The lowest BCUT2D eigenvalue weighted by atomic mass is 10.1. The molecule has 1 saturated heterocycles. The van der Waals surface area contributed by atoms with Crippen LogP contribution in [0, 0.1) is 0 Å². The standard InChI is InChI=1S/C11H15N3O/c1-8(15)14-6-2-3-10(14)9-4-5-11(12)13-7-9/h4-5,7,10H,2-3,6H2,1H3,(H2,12,13)/t10-/m1/s1. The van der Waals surface area contributed by atoms with Crippen molar-refractivity contribution >= 4 is 11.7 Å². The molecule has 0 aromatic carbocycles. The Labute approximate surface area is 89.1 Å². The summed E-state index contributed by atoms with van der Waals surface area (Å²) in [5.74, 6) is 0.653. The highest BCUT2D eigenvalue weighted by molar-refractivity contribution is 5.74. The molecule has 4 nitrogen and oxygen atoms in total. The van der Waals surface area contributed by atoms with Crippen LogP contribution in [0.1, 0.15) is 31.4 Å². The monoisotopic (exact) mass is 205 g/mol. The van der Waals surface area contributed by atoms with Gasteiger partial charge in [-0.05, 0) is 24.5 Å². The molecule has 0 saturated carbocycles. The third kappa shape index (κ3) is 1.93. The van der Waals surface area contributed by atoms with Crippen LogP contribution in [0.15, 0.2) is 18.3 Å². The Morgan fingerprint density at radius 2 is 2.40 bits per heavy atom. The van der Waals surface area contributed by atoms with Crippen LogP contribution in [-0.2, 0) is 4.79 Å². The fourth-order valence-corrected chi connectivity index (χ4v) is 2.10. The molecule has 1 amide bonds. The fraction of sp³-hybridized carbons (Fsp3) is 0.455. The summed E-state index contributed by atoms with van der Waals surface area (Å²) in [4.78, 5) is 17.3. The summed E-state index contributed by atoms with van der Waals surface area (Å²) < 4.78 is 0. The van der Waals surface area contributed by atoms with Gasteiger partial charge in [-0.15, -0.1) is 0 Å². The van der Waals surface area contributed by atoms with E-state index in [1.165, 1.54) is 0 Å². The highest BCUT2D eigenvalue weighted by Crippen LogP contribution is 2.31. The van der Waals surface area contributed by atoms with Crippen molar-refractivity contribution in [2.45, 2.75) is 25.8 Å². The minimum Gasteiger partial charge on any atom is -0.384 e. The van der Waals surface area contributed by atoms with Gasteiger partial charge in [0.25, 0.3) is 0 Å². The SMILES string of the molecule is CC(=O)N1CCC[C@@H]1c1ccc(N)nc1. The van der Waals surface area contributed by atoms with Crippen molar-refractivity contribution in [3.8, 4) is 0 Å². The second-order valence-corrected chi connectivity index (χ2v) is 3.89. The van der Waals surface area contributed by atoms with E-state index in [1.54, 1.807) is 19.2 Å². The summed E-state index contributed by atoms with van der Waals surface area (Å²) in [6.45, 7) is 2.47. The first kappa shape index (κ1) is 9.96. The molecular weight excluding hydrogens is 190 g/mol. The maximum absolute atomic E-state index is 11.4. The predicted molar refractivity (Wildman–Crippen MR) is 58.0 cm³/mol. The lowest BCUT2D eigenvalue weighted by molar-refractivity contribution is -0.129. The Morgan fingerprint density at radius 3 is 3.00 bits per heavy atom. The van der Waals surface area contributed by atoms with Gasteiger partial charge in [-0.1, -0.05) is 6.07 Å². The number of nitrogen functional groups attached to an aromatic ring is 1. The van der Waals surface area contributed by atoms with Crippen LogP contribution >= 0.6 is 0 Å². The molecule has 0 aliphatic carbocycles. The third-order valence-electron chi connectivity index (χ3n) is 2.85. The first-order chi connectivity index (χ1) is 7.18. The minimum absolute atomic E-state index is 0.134. The van der Waals surface area contributed by atoms with Gasteiger partial charge in [0, 0.05) is 19.7 Å². The summed E-state index contributed by atoms with van der Waals surface area (Å²) in [6.07, 6.45) is 3.85. The number of aromatic nitrogens is 1. The van der Waals surface area contributed by atoms with E-state index in [4.69, 9.17) is 5.73 Å². The third-order valence-corrected chi connectivity index (χ3v) is 2.85. The smallest absolute Gasteiger partial charge is 0.219 e. The van der Waals surface area contributed by atoms with E-state index in [2.05, 4.69) is 4.98 Å². The number of amides is 1. The van der Waals surface area contributed by atoms with Gasteiger partial charge in [0.15, 0.2) is 0 Å². The van der Waals surface area contributed by atoms with Gasteiger partial charge in [-0.25, -0.2) is 4.98 Å². The lowest BCUT2D eigenvalue weighted by Gasteiger charge is -2.23. The summed E-state index contributed by atoms with van der Waals surface area (Å²) in [7, 11) is 0. The van der Waals surface area contributed by atoms with Gasteiger partial charge in [-0.2, -0.15) is 0 Å². The zero-order valence-electron chi connectivity index (χ0n) is 8.81. The molecule has 1 aromatic heterocycles. The van der Waals surface area contributed by atoms with E-state index in [0.29, 0.717) is 5.82 Å². The van der Waals surface area contributed by atoms with E-state index in [1.807, 2.05) is 11.0 Å². The Balaban J connectivity index is 2.22. The molecule has 2 rings (SSSR count). The van der Waals surface area contributed by atoms with Gasteiger partial charge in [0.2, 0.25) is 5.91 Å². The van der Waals surface area contributed by atoms with Crippen molar-refractivity contribution in [2.24, 2.45) is 0 Å². The molecule has 80 valence electrons. The Bertz CT molecular complexity index is 361. The number of likely N-dealkylation sites (tertiary alicyclic amines) is 1. The number of nitrogens with zero attached hydrogens (tertiary/aromatic N) is 2. The Morgan fingerprint density at radius 1 is 1.60 bits per heavy atom. The number of anilines is 1. The van der Waals surface area contributed by atoms with Crippen molar-refractivity contribution in [2.75, 3.05) is 12.3 Å². The summed E-state index contributed by atoms with van der Waals surface area (Å²) >= 11 is 0. The Kier molecular flexibility index (Phi) is 2.58. The van der Waals surface area contributed by atoms with E-state index in [9.17, 15) is 4.79 Å². The molecule has 1 atom stereocenters. The van der Waals surface area contributed by atoms with Crippen molar-refractivity contribution in [1.29, 1.82) is 0 Å². The molecular formula is C11H15N3O. The summed E-state index contributed by atoms with van der Waals surface area (Å²) in [6, 6.07) is 3.93. The number of rotatable bonds is 1. The van der Waals surface area contributed by atoms with Crippen LogP contribution in [-0.4, -0.2) is 22.3 Å². The first-order valence-electron chi connectivity index (χ1n) is 5.17. The van der Waals surface area contributed by atoms with Crippen LogP contribution in [0.5, 0.6) is 0 Å². The van der Waals surface area contributed by atoms with Gasteiger partial charge in [-0.3, -0.25) is 4.79 Å². The largest absolute Gasteiger partial charge is 0.384 e. The second kappa shape index (κ2) is 3.88. The van der Waals surface area contributed by atoms with Gasteiger partial charge in [0.05, 0.1) is 6.04 Å². The summed E-state index contributed by atoms with van der Waals surface area (Å²) in [5.41, 5.74) is 6.61. The maximum Gasteiger partial charge on any atom is 0.219 e. The van der Waals surface area contributed by atoms with E-state index >= 15 is 0 Å². The van der Waals surface area contributed by atoms with Gasteiger partial charge >= 0.3 is 0 Å². The lowest BCUT2D eigenvalue weighted by Crippen LogP contribution is -2.28. The molecule has 1 aliphatic heterocycles. The minimum atomic E-state index is 0.134. The fourth-order valence-electron chi connectivity index (χ4n) is 2.10. The van der Waals surface area contributed by atoms with Gasteiger partial charge in [0.1, 0.15) is 5.82 Å². The maximum atomic E-state index is 11.4. The van der Waals surface area contributed by atoms with E-state index in [0.717, 1.165) is 24.9 Å². The molecule has 4 heteroatoms. The predicted octanol–water partition coefficient (Wildman–Crippen LogP) is 1.35. The first-order valence-corrected chi connectivity index (χ1v) is 5.17. The average Bonchev–Trinajstić information content (AvgIpc) is 2.67. The molecule has 0 spiro atoms. The van der Waals surface area contributed by atoms with Crippen LogP contribution in [0.4, 0.5) is 5.82 Å². The van der Waals surface area contributed by atoms with Crippen molar-refractivity contribution in [3.05, 3.63) is 23.9 Å². The van der Waals surface area contributed by atoms with Crippen LogP contribution in [0.3, 0.4) is 0 Å². The quantitative estimate of drug-likeness (QED) is 0.752. The van der Waals surface area contributed by atoms with Crippen LogP contribution in [0.2, 0.25) is 0 Å². The van der Waals surface area contributed by atoms with Crippen molar-refractivity contribution < 1.29 is 4.79 Å². The average molecular weight is 205 g/mol. The highest BCUT2D eigenvalue weighted by atomic mass is 16.2. The van der Waals surface area contributed by atoms with E-state index in [-0.39, 0.29) is 11.9 Å². The van der Waals surface area contributed by atoms with Crippen LogP contribution in [0.25, 0.3) is 0 Å². The molecule has 1 fully saturated rings. The molecule has 0 unspecified atom stereocenters. The zero-order valence-corrected chi connectivity index (χ0v) is 8.81. The number of nitrogens with two attached hydrogens (primary N) is 1. The molecule has 0 radical (unpaired) electrons. The Hall–Kier alpha value is -1.58. The number of hydrogen-bond acceptors (Lipinski definition) is 3. The number of carbonyl (C=O) groups excluding carboxylic acids is 1. The van der Waals surface area contributed by atoms with Gasteiger partial charge < -0.3 is 10.6 Å². The van der Waals surface area contributed by atoms with Crippen LogP contribution < -0.4 is 5.73 Å². The number of hydrogen-bond donors (Lipinski definition) is 1. The topological polar surface area (TPSA) is 59.2 Å². The molecule has 2 heterocycles. The number of carbonyl (C=O) groups is 1. The second-order valence-electron chi connectivity index (χ2n) is 3.89. The summed E-state index contributed by atoms with van der Waals surface area (Å²) in [5, 5.41) is 0. The molecule has 1 aromatic rings. The number of pyridine rings is 1. The molecule has 1 aliphatic rings. The van der Waals surface area contributed by atoms with Crippen molar-refractivity contribution in [3.63, 3.8) is 0 Å². The highest BCUT2D eigenvalue weighted by Gasteiger charge is 2.27. The normalized spacial score (nSPS) is 20.6. The molecule has 15 heavy (non-hydrogen) atoms. The molecule has 0 bridgehead atoms. The molecule has 2 N–H and O–H groups in total. The van der Waals surface area contributed by atoms with E-state index < -0.39 is 0 Å². The van der Waals surface area contributed by atoms with Crippen molar-refractivity contribution in [1.82, 2.24) is 9.88 Å².